The van der Waals surface area contributed by atoms with Crippen LogP contribution in [0.3, 0.4) is 0 Å². The molecule has 0 amide bonds. The molecule has 8 heteroatoms. The normalized spacial score (nSPS) is 11.0. The maximum atomic E-state index is 12.5. The van der Waals surface area contributed by atoms with Crippen LogP contribution >= 0.6 is 11.6 Å². The highest BCUT2D eigenvalue weighted by Crippen LogP contribution is 2.30. The second-order valence-electron chi connectivity index (χ2n) is 5.00. The van der Waals surface area contributed by atoms with Crippen molar-refractivity contribution >= 4 is 28.5 Å². The van der Waals surface area contributed by atoms with Gasteiger partial charge in [0.2, 0.25) is 0 Å². The second-order valence-corrected chi connectivity index (χ2v) is 5.44. The van der Waals surface area contributed by atoms with E-state index in [4.69, 9.17) is 11.6 Å². The standard InChI is InChI=1S/C14H8ClF3N2.C3H6O2/c15-11-4-1-9-8-19-20(13(9)7-11)12-5-2-10(3-6-12)14(16,17)18;1-3(4)5-2/h1-8H;1-2H3. The molecule has 1 heterocycles. The Balaban J connectivity index is 0.000000399. The van der Waals surface area contributed by atoms with Gasteiger partial charge in [0.1, 0.15) is 0 Å². The van der Waals surface area contributed by atoms with Crippen LogP contribution in [0.25, 0.3) is 16.6 Å². The lowest BCUT2D eigenvalue weighted by atomic mass is 10.2. The number of nitrogens with zero attached hydrogens (tertiary/aromatic N) is 2. The topological polar surface area (TPSA) is 44.1 Å². The maximum absolute atomic E-state index is 12.5. The number of benzene rings is 2. The van der Waals surface area contributed by atoms with E-state index < -0.39 is 11.7 Å². The summed E-state index contributed by atoms with van der Waals surface area (Å²) in [5.74, 6) is -0.245. The molecule has 3 aromatic rings. The van der Waals surface area contributed by atoms with Crippen molar-refractivity contribution in [1.29, 1.82) is 0 Å². The molecule has 0 saturated heterocycles. The van der Waals surface area contributed by atoms with Crippen molar-refractivity contribution < 1.29 is 22.7 Å². The highest BCUT2D eigenvalue weighted by Gasteiger charge is 2.30. The van der Waals surface area contributed by atoms with Gasteiger partial charge in [-0.05, 0) is 42.5 Å². The van der Waals surface area contributed by atoms with Gasteiger partial charge in [-0.2, -0.15) is 18.3 Å². The quantitative estimate of drug-likeness (QED) is 0.574. The molecule has 25 heavy (non-hydrogen) atoms. The van der Waals surface area contributed by atoms with E-state index in [1.165, 1.54) is 26.2 Å². The zero-order valence-electron chi connectivity index (χ0n) is 13.3. The van der Waals surface area contributed by atoms with Gasteiger partial charge in [-0.3, -0.25) is 4.79 Å². The fraction of sp³-hybridized carbons (Fsp3) is 0.176. The maximum Gasteiger partial charge on any atom is 0.416 e. The molecule has 0 aliphatic rings. The molecule has 2 aromatic carbocycles. The smallest absolute Gasteiger partial charge is 0.416 e. The van der Waals surface area contributed by atoms with Gasteiger partial charge in [0.05, 0.1) is 30.1 Å². The number of carbonyl (C=O) groups excluding carboxylic acids is 1. The van der Waals surface area contributed by atoms with Crippen LogP contribution in [0.1, 0.15) is 12.5 Å². The summed E-state index contributed by atoms with van der Waals surface area (Å²) in [6, 6.07) is 10.1. The number of rotatable bonds is 1. The molecular weight excluding hydrogens is 357 g/mol. The minimum Gasteiger partial charge on any atom is -0.469 e. The van der Waals surface area contributed by atoms with Crippen LogP contribution < -0.4 is 0 Å². The molecule has 132 valence electrons. The third-order valence-corrected chi connectivity index (χ3v) is 3.49. The predicted molar refractivity (Wildman–Crippen MR) is 88.8 cm³/mol. The van der Waals surface area contributed by atoms with Gasteiger partial charge < -0.3 is 4.74 Å². The minimum absolute atomic E-state index is 0.245. The van der Waals surface area contributed by atoms with E-state index in [1.54, 1.807) is 23.0 Å². The largest absolute Gasteiger partial charge is 0.469 e. The van der Waals surface area contributed by atoms with Gasteiger partial charge in [0.25, 0.3) is 0 Å². The van der Waals surface area contributed by atoms with E-state index in [9.17, 15) is 18.0 Å². The Morgan fingerprint density at radius 3 is 2.28 bits per heavy atom. The molecule has 0 atom stereocenters. The first-order valence-corrected chi connectivity index (χ1v) is 7.45. The number of aromatic nitrogens is 2. The van der Waals surface area contributed by atoms with E-state index in [2.05, 4.69) is 9.84 Å². The number of halogens is 4. The van der Waals surface area contributed by atoms with Crippen molar-refractivity contribution in [3.8, 4) is 5.69 Å². The van der Waals surface area contributed by atoms with E-state index in [0.29, 0.717) is 10.7 Å². The first-order valence-electron chi connectivity index (χ1n) is 7.08. The molecule has 0 spiro atoms. The zero-order chi connectivity index (χ0) is 18.6. The third-order valence-electron chi connectivity index (χ3n) is 3.26. The van der Waals surface area contributed by atoms with Crippen molar-refractivity contribution in [2.24, 2.45) is 0 Å². The van der Waals surface area contributed by atoms with Crippen molar-refractivity contribution in [2.75, 3.05) is 7.11 Å². The van der Waals surface area contributed by atoms with E-state index in [0.717, 1.165) is 23.0 Å². The van der Waals surface area contributed by atoms with Crippen molar-refractivity contribution in [1.82, 2.24) is 9.78 Å². The van der Waals surface area contributed by atoms with Gasteiger partial charge in [-0.15, -0.1) is 0 Å². The Morgan fingerprint density at radius 2 is 1.76 bits per heavy atom. The van der Waals surface area contributed by atoms with Crippen LogP contribution in [0, 0.1) is 0 Å². The number of fused-ring (bicyclic) bond motifs is 1. The highest BCUT2D eigenvalue weighted by atomic mass is 35.5. The van der Waals surface area contributed by atoms with Gasteiger partial charge >= 0.3 is 12.1 Å². The van der Waals surface area contributed by atoms with Gasteiger partial charge in [-0.1, -0.05) is 11.6 Å². The lowest BCUT2D eigenvalue weighted by molar-refractivity contribution is -0.138. The number of alkyl halides is 3. The monoisotopic (exact) mass is 370 g/mol. The third kappa shape index (κ3) is 4.73. The van der Waals surface area contributed by atoms with E-state index >= 15 is 0 Å². The molecule has 0 unspecified atom stereocenters. The SMILES string of the molecule is COC(C)=O.FC(F)(F)c1ccc(-n2ncc3ccc(Cl)cc32)cc1. The summed E-state index contributed by atoms with van der Waals surface area (Å²) < 4.78 is 43.3. The summed E-state index contributed by atoms with van der Waals surface area (Å²) in [4.78, 5) is 9.59. The Bertz CT molecular complexity index is 874. The molecule has 0 fully saturated rings. The molecule has 0 radical (unpaired) electrons. The summed E-state index contributed by atoms with van der Waals surface area (Å²) >= 11 is 5.93. The van der Waals surface area contributed by atoms with Crippen molar-refractivity contribution in [3.63, 3.8) is 0 Å². The fourth-order valence-corrected chi connectivity index (χ4v) is 2.16. The highest BCUT2D eigenvalue weighted by molar-refractivity contribution is 6.31. The van der Waals surface area contributed by atoms with Crippen molar-refractivity contribution in [2.45, 2.75) is 13.1 Å². The van der Waals surface area contributed by atoms with Crippen LogP contribution in [-0.2, 0) is 15.7 Å². The first kappa shape index (κ1) is 18.8. The molecule has 3 rings (SSSR count). The Morgan fingerprint density at radius 1 is 1.16 bits per heavy atom. The Hall–Kier alpha value is -2.54. The number of esters is 1. The number of carbonyl (C=O) groups is 1. The molecule has 1 aromatic heterocycles. The summed E-state index contributed by atoms with van der Waals surface area (Å²) in [6.45, 7) is 1.36. The second kappa shape index (κ2) is 7.57. The lowest BCUT2D eigenvalue weighted by Crippen LogP contribution is -2.05. The van der Waals surface area contributed by atoms with Crippen LogP contribution in [0.2, 0.25) is 5.02 Å². The van der Waals surface area contributed by atoms with E-state index in [1.807, 2.05) is 6.07 Å². The Labute approximate surface area is 146 Å². The van der Waals surface area contributed by atoms with Gasteiger partial charge in [0.15, 0.2) is 0 Å². The summed E-state index contributed by atoms with van der Waals surface area (Å²) in [5.41, 5.74) is 0.614. The molecule has 0 saturated carbocycles. The molecule has 0 aliphatic carbocycles. The van der Waals surface area contributed by atoms with Crippen LogP contribution in [0.15, 0.2) is 48.7 Å². The molecule has 0 aliphatic heterocycles. The first-order chi connectivity index (χ1) is 11.7. The van der Waals surface area contributed by atoms with Crippen LogP contribution in [0.4, 0.5) is 13.2 Å². The van der Waals surface area contributed by atoms with E-state index in [-0.39, 0.29) is 5.97 Å². The molecule has 0 bridgehead atoms. The number of methoxy groups -OCH3 is 1. The fourth-order valence-electron chi connectivity index (χ4n) is 1.99. The van der Waals surface area contributed by atoms with Crippen LogP contribution in [0.5, 0.6) is 0 Å². The summed E-state index contributed by atoms with van der Waals surface area (Å²) in [5, 5.41) is 5.59. The number of hydrogen-bond donors (Lipinski definition) is 0. The number of hydrogen-bond acceptors (Lipinski definition) is 3. The average molecular weight is 371 g/mol. The summed E-state index contributed by atoms with van der Waals surface area (Å²) in [6.07, 6.45) is -2.70. The average Bonchev–Trinajstić information content (AvgIpc) is 2.97. The predicted octanol–water partition coefficient (Wildman–Crippen LogP) is 4.88. The molecule has 4 nitrogen and oxygen atoms in total. The van der Waals surface area contributed by atoms with Gasteiger partial charge in [0, 0.05) is 17.3 Å². The summed E-state index contributed by atoms with van der Waals surface area (Å²) in [7, 11) is 1.35. The van der Waals surface area contributed by atoms with Crippen molar-refractivity contribution in [3.05, 3.63) is 59.2 Å². The molecular formula is C17H14ClF3N2O2. The van der Waals surface area contributed by atoms with Crippen LogP contribution in [-0.4, -0.2) is 22.9 Å². The lowest BCUT2D eigenvalue weighted by Gasteiger charge is -2.08. The minimum atomic E-state index is -4.34. The Kier molecular flexibility index (Phi) is 5.69. The molecule has 0 N–H and O–H groups in total. The van der Waals surface area contributed by atoms with Gasteiger partial charge in [-0.25, -0.2) is 4.68 Å². The zero-order valence-corrected chi connectivity index (χ0v) is 14.1. The number of ether oxygens (including phenoxy) is 1.